The van der Waals surface area contributed by atoms with Crippen molar-refractivity contribution in [2.24, 2.45) is 11.8 Å². The number of aliphatic hydroxyl groups is 1. The second kappa shape index (κ2) is 8.12. The first-order valence-corrected chi connectivity index (χ1v) is 10.7. The number of ether oxygens (including phenoxy) is 2. The summed E-state index contributed by atoms with van der Waals surface area (Å²) in [7, 11) is 3.05. The minimum atomic E-state index is -1.28. The number of carbonyl (C=O) groups excluding carboxylic acids is 2. The fourth-order valence-corrected chi connectivity index (χ4v) is 5.26. The van der Waals surface area contributed by atoms with Crippen molar-refractivity contribution >= 4 is 27.9 Å². The van der Waals surface area contributed by atoms with Crippen molar-refractivity contribution in [1.29, 1.82) is 0 Å². The Bertz CT molecular complexity index is 1110. The van der Waals surface area contributed by atoms with E-state index in [1.165, 1.54) is 25.6 Å². The molecule has 4 rings (SSSR count). The number of hydrogen-bond donors (Lipinski definition) is 2. The molecule has 0 spiro atoms. The number of rotatable bonds is 8. The molecule has 4 atom stereocenters. The zero-order chi connectivity index (χ0) is 22.3. The van der Waals surface area contributed by atoms with Gasteiger partial charge in [0.25, 0.3) is 0 Å². The number of amides is 1. The second-order valence-corrected chi connectivity index (χ2v) is 8.65. The van der Waals surface area contributed by atoms with E-state index in [2.05, 4.69) is 15.3 Å². The third-order valence-corrected chi connectivity index (χ3v) is 6.98. The molecular weight excluding hydrogens is 420 g/mol. The molecule has 0 aromatic carbocycles. The first-order valence-electron chi connectivity index (χ1n) is 9.84. The van der Waals surface area contributed by atoms with Crippen LogP contribution in [-0.4, -0.2) is 57.5 Å². The number of imidazole rings is 1. The third-order valence-electron chi connectivity index (χ3n) is 5.85. The molecule has 3 aromatic heterocycles. The SMILES string of the molecule is COC(OC)(c1cccnc1)c1ncn2cc(C(=O)[C@H](C)[C@H]3NC(=O)[C@@H]3[C@@H](C)O)sc12. The monoisotopic (exact) mass is 444 g/mol. The van der Waals surface area contributed by atoms with Gasteiger partial charge in [-0.2, -0.15) is 0 Å². The number of nitrogens with zero attached hydrogens (tertiary/aromatic N) is 3. The van der Waals surface area contributed by atoms with Crippen LogP contribution in [0.1, 0.15) is 34.8 Å². The van der Waals surface area contributed by atoms with Gasteiger partial charge in [0.2, 0.25) is 11.7 Å². The molecule has 1 fully saturated rings. The van der Waals surface area contributed by atoms with Gasteiger partial charge in [-0.15, -0.1) is 11.3 Å². The Kier molecular flexibility index (Phi) is 5.65. The topological polar surface area (TPSA) is 115 Å². The summed E-state index contributed by atoms with van der Waals surface area (Å²) in [6.45, 7) is 3.33. The van der Waals surface area contributed by atoms with Crippen LogP contribution in [0.3, 0.4) is 0 Å². The van der Waals surface area contributed by atoms with E-state index in [9.17, 15) is 14.7 Å². The predicted molar refractivity (Wildman–Crippen MR) is 113 cm³/mol. The van der Waals surface area contributed by atoms with Crippen LogP contribution in [0.25, 0.3) is 4.83 Å². The summed E-state index contributed by atoms with van der Waals surface area (Å²) < 4.78 is 13.3. The Morgan fingerprint density at radius 1 is 1.35 bits per heavy atom. The number of aromatic nitrogens is 3. The highest BCUT2D eigenvalue weighted by atomic mass is 32.1. The second-order valence-electron chi connectivity index (χ2n) is 7.62. The van der Waals surface area contributed by atoms with Gasteiger partial charge in [-0.25, -0.2) is 4.98 Å². The molecule has 31 heavy (non-hydrogen) atoms. The molecule has 3 aromatic rings. The number of aliphatic hydroxyl groups excluding tert-OH is 1. The van der Waals surface area contributed by atoms with Crippen LogP contribution in [0.2, 0.25) is 0 Å². The quantitative estimate of drug-likeness (QED) is 0.308. The number of β-lactam (4-membered cyclic amide) rings is 1. The molecular formula is C21H24N4O5S. The normalized spacial score (nSPS) is 20.9. The molecule has 0 aliphatic carbocycles. The van der Waals surface area contributed by atoms with E-state index in [1.807, 2.05) is 6.07 Å². The molecule has 0 saturated carbocycles. The lowest BCUT2D eigenvalue weighted by atomic mass is 9.77. The van der Waals surface area contributed by atoms with Gasteiger partial charge in [0.1, 0.15) is 16.9 Å². The molecule has 0 radical (unpaired) electrons. The van der Waals surface area contributed by atoms with Crippen molar-refractivity contribution in [1.82, 2.24) is 19.7 Å². The number of Topliss-reactive ketones (excluding diaryl/α,β-unsaturated/α-hetero) is 1. The molecule has 2 N–H and O–H groups in total. The van der Waals surface area contributed by atoms with E-state index in [0.29, 0.717) is 21.0 Å². The van der Waals surface area contributed by atoms with Crippen LogP contribution in [-0.2, 0) is 20.1 Å². The van der Waals surface area contributed by atoms with Crippen LogP contribution in [0.4, 0.5) is 0 Å². The zero-order valence-corrected chi connectivity index (χ0v) is 18.4. The maximum absolute atomic E-state index is 13.2. The van der Waals surface area contributed by atoms with E-state index < -0.39 is 29.8 Å². The van der Waals surface area contributed by atoms with Crippen LogP contribution in [0, 0.1) is 11.8 Å². The van der Waals surface area contributed by atoms with Gasteiger partial charge in [-0.05, 0) is 13.0 Å². The standard InChI is InChI=1S/C21H24N4O5S/c1-11(16-15(12(2)26)19(28)24-16)17(27)14-9-25-10-23-18(20(25)31-14)21(29-3,30-4)13-6-5-7-22-8-13/h5-12,15-16,26H,1-4H3,(H,24,28)/t11-,12-,15-,16-/m1/s1. The van der Waals surface area contributed by atoms with E-state index in [0.717, 1.165) is 0 Å². The number of thiazole rings is 1. The highest BCUT2D eigenvalue weighted by Crippen LogP contribution is 2.38. The Morgan fingerprint density at radius 2 is 2.10 bits per heavy atom. The number of pyridine rings is 1. The van der Waals surface area contributed by atoms with Crippen molar-refractivity contribution in [3.63, 3.8) is 0 Å². The summed E-state index contributed by atoms with van der Waals surface area (Å²) in [6, 6.07) is 3.22. The summed E-state index contributed by atoms with van der Waals surface area (Å²) in [5.41, 5.74) is 1.19. The molecule has 1 amide bonds. The van der Waals surface area contributed by atoms with Gasteiger partial charge < -0.3 is 19.9 Å². The molecule has 9 nitrogen and oxygen atoms in total. The molecule has 1 saturated heterocycles. The summed E-state index contributed by atoms with van der Waals surface area (Å²) in [5.74, 6) is -2.68. The molecule has 0 unspecified atom stereocenters. The number of hydrogen-bond acceptors (Lipinski definition) is 8. The maximum Gasteiger partial charge on any atom is 0.243 e. The van der Waals surface area contributed by atoms with Crippen molar-refractivity contribution < 1.29 is 24.2 Å². The number of carbonyl (C=O) groups is 2. The summed E-state index contributed by atoms with van der Waals surface area (Å²) in [4.78, 5) is 34.8. The van der Waals surface area contributed by atoms with E-state index >= 15 is 0 Å². The van der Waals surface area contributed by atoms with Crippen molar-refractivity contribution in [3.05, 3.63) is 53.2 Å². The Morgan fingerprint density at radius 3 is 2.68 bits per heavy atom. The number of fused-ring (bicyclic) bond motifs is 1. The highest BCUT2D eigenvalue weighted by Gasteiger charge is 2.47. The molecule has 4 heterocycles. The molecule has 164 valence electrons. The largest absolute Gasteiger partial charge is 0.393 e. The Balaban J connectivity index is 1.69. The zero-order valence-electron chi connectivity index (χ0n) is 17.6. The Hall–Kier alpha value is -2.66. The third kappa shape index (κ3) is 3.35. The summed E-state index contributed by atoms with van der Waals surface area (Å²) >= 11 is 1.28. The molecule has 10 heteroatoms. The van der Waals surface area contributed by atoms with E-state index in [4.69, 9.17) is 9.47 Å². The van der Waals surface area contributed by atoms with Crippen molar-refractivity contribution in [3.8, 4) is 0 Å². The maximum atomic E-state index is 13.2. The minimum absolute atomic E-state index is 0.114. The van der Waals surface area contributed by atoms with Gasteiger partial charge in [-0.1, -0.05) is 13.0 Å². The van der Waals surface area contributed by atoms with Crippen LogP contribution in [0.5, 0.6) is 0 Å². The first kappa shape index (κ1) is 21.6. The Labute approximate surface area is 183 Å². The van der Waals surface area contributed by atoms with E-state index in [1.54, 1.807) is 49.2 Å². The molecule has 0 bridgehead atoms. The van der Waals surface area contributed by atoms with Gasteiger partial charge >= 0.3 is 0 Å². The number of nitrogens with one attached hydrogen (secondary N) is 1. The highest BCUT2D eigenvalue weighted by molar-refractivity contribution is 7.19. The number of methoxy groups -OCH3 is 2. The fourth-order valence-electron chi connectivity index (χ4n) is 4.11. The van der Waals surface area contributed by atoms with Crippen molar-refractivity contribution in [2.75, 3.05) is 14.2 Å². The van der Waals surface area contributed by atoms with Gasteiger partial charge in [0.05, 0.1) is 22.9 Å². The minimum Gasteiger partial charge on any atom is -0.393 e. The number of ketones is 1. The lowest BCUT2D eigenvalue weighted by Gasteiger charge is -2.41. The average molecular weight is 445 g/mol. The van der Waals surface area contributed by atoms with Crippen molar-refractivity contribution in [2.45, 2.75) is 31.8 Å². The fraction of sp³-hybridized carbons (Fsp3) is 0.429. The lowest BCUT2D eigenvalue weighted by molar-refractivity contribution is -0.185. The van der Waals surface area contributed by atoms with Crippen LogP contribution >= 0.6 is 11.3 Å². The predicted octanol–water partition coefficient (Wildman–Crippen LogP) is 1.60. The smallest absolute Gasteiger partial charge is 0.243 e. The summed E-state index contributed by atoms with van der Waals surface area (Å²) in [5, 5.41) is 12.6. The van der Waals surface area contributed by atoms with Crippen LogP contribution in [0.15, 0.2) is 37.1 Å². The molecule has 1 aliphatic heterocycles. The first-order chi connectivity index (χ1) is 14.8. The van der Waals surface area contributed by atoms with Gasteiger partial charge in [0, 0.05) is 44.3 Å². The molecule has 1 aliphatic rings. The lowest BCUT2D eigenvalue weighted by Crippen LogP contribution is -2.65. The average Bonchev–Trinajstić information content (AvgIpc) is 3.34. The van der Waals surface area contributed by atoms with Gasteiger partial charge in [-0.3, -0.25) is 19.0 Å². The van der Waals surface area contributed by atoms with E-state index in [-0.39, 0.29) is 11.7 Å². The van der Waals surface area contributed by atoms with Gasteiger partial charge in [0.15, 0.2) is 5.78 Å². The van der Waals surface area contributed by atoms with Crippen LogP contribution < -0.4 is 5.32 Å². The summed E-state index contributed by atoms with van der Waals surface area (Å²) in [6.07, 6.45) is 5.82.